The second-order valence-electron chi connectivity index (χ2n) is 3.29. The van der Waals surface area contributed by atoms with Gasteiger partial charge in [0.1, 0.15) is 0 Å². The zero-order valence-electron chi connectivity index (χ0n) is 7.99. The number of nitrogens with two attached hydrogens (primary N) is 1. The summed E-state index contributed by atoms with van der Waals surface area (Å²) in [6, 6.07) is 1.73. The van der Waals surface area contributed by atoms with Gasteiger partial charge >= 0.3 is 0 Å². The van der Waals surface area contributed by atoms with Crippen molar-refractivity contribution in [3.63, 3.8) is 0 Å². The van der Waals surface area contributed by atoms with E-state index in [-0.39, 0.29) is 6.04 Å². The first-order valence-electron chi connectivity index (χ1n) is 4.15. The van der Waals surface area contributed by atoms with E-state index in [4.69, 9.17) is 28.9 Å². The molecule has 0 fully saturated rings. The minimum Gasteiger partial charge on any atom is -0.324 e. The van der Waals surface area contributed by atoms with Crippen LogP contribution in [0.5, 0.6) is 0 Å². The highest BCUT2D eigenvalue weighted by molar-refractivity contribution is 6.35. The van der Waals surface area contributed by atoms with Crippen LogP contribution in [0.15, 0.2) is 6.07 Å². The van der Waals surface area contributed by atoms with Crippen molar-refractivity contribution in [1.29, 1.82) is 0 Å². The van der Waals surface area contributed by atoms with Crippen molar-refractivity contribution in [2.24, 2.45) is 5.73 Å². The maximum atomic E-state index is 6.00. The Morgan fingerprint density at radius 3 is 1.85 bits per heavy atom. The van der Waals surface area contributed by atoms with Crippen LogP contribution in [-0.4, -0.2) is 0 Å². The van der Waals surface area contributed by atoms with E-state index in [2.05, 4.69) is 0 Å². The Labute approximate surface area is 88.8 Å². The average Bonchev–Trinajstić information content (AvgIpc) is 2.01. The monoisotopic (exact) mass is 217 g/mol. The zero-order valence-corrected chi connectivity index (χ0v) is 9.50. The van der Waals surface area contributed by atoms with Crippen molar-refractivity contribution in [1.82, 2.24) is 0 Å². The molecule has 1 aromatic rings. The predicted molar refractivity (Wildman–Crippen MR) is 58.5 cm³/mol. The quantitative estimate of drug-likeness (QED) is 0.765. The van der Waals surface area contributed by atoms with E-state index in [1.807, 2.05) is 20.8 Å². The fourth-order valence-electron chi connectivity index (χ4n) is 1.55. The Hall–Kier alpha value is -0.240. The number of rotatable bonds is 1. The largest absolute Gasteiger partial charge is 0.324 e. The van der Waals surface area contributed by atoms with Crippen molar-refractivity contribution in [3.05, 3.63) is 32.8 Å². The van der Waals surface area contributed by atoms with Gasteiger partial charge in [0.2, 0.25) is 0 Å². The first-order chi connectivity index (χ1) is 5.95. The molecule has 1 unspecified atom stereocenters. The van der Waals surface area contributed by atoms with Crippen LogP contribution >= 0.6 is 23.2 Å². The Balaban J connectivity index is 3.46. The molecule has 0 spiro atoms. The van der Waals surface area contributed by atoms with Gasteiger partial charge in [0.25, 0.3) is 0 Å². The van der Waals surface area contributed by atoms with Gasteiger partial charge in [0.15, 0.2) is 0 Å². The Kier molecular flexibility index (Phi) is 3.23. The zero-order chi connectivity index (χ0) is 10.2. The van der Waals surface area contributed by atoms with Crippen LogP contribution in [0.25, 0.3) is 0 Å². The molecule has 1 rings (SSSR count). The maximum absolute atomic E-state index is 6.00. The predicted octanol–water partition coefficient (Wildman–Crippen LogP) is 3.63. The van der Waals surface area contributed by atoms with Crippen LogP contribution in [-0.2, 0) is 0 Å². The Morgan fingerprint density at radius 1 is 1.15 bits per heavy atom. The summed E-state index contributed by atoms with van der Waals surface area (Å²) in [5.74, 6) is 0. The molecule has 0 bridgehead atoms. The molecule has 0 aliphatic carbocycles. The minimum atomic E-state index is -0.0313. The smallest absolute Gasteiger partial charge is 0.0453 e. The maximum Gasteiger partial charge on any atom is 0.0453 e. The van der Waals surface area contributed by atoms with Crippen LogP contribution in [0.2, 0.25) is 10.0 Å². The van der Waals surface area contributed by atoms with Crippen LogP contribution in [0.3, 0.4) is 0 Å². The minimum absolute atomic E-state index is 0.0313. The van der Waals surface area contributed by atoms with Crippen molar-refractivity contribution >= 4 is 23.2 Å². The summed E-state index contributed by atoms with van der Waals surface area (Å²) < 4.78 is 0. The van der Waals surface area contributed by atoms with Crippen LogP contribution in [0.4, 0.5) is 0 Å². The molecule has 0 aromatic heterocycles. The molecule has 2 N–H and O–H groups in total. The molecule has 0 saturated carbocycles. The molecular weight excluding hydrogens is 205 g/mol. The van der Waals surface area contributed by atoms with Crippen molar-refractivity contribution in [2.75, 3.05) is 0 Å². The Bertz CT molecular complexity index is 306. The van der Waals surface area contributed by atoms with Gasteiger partial charge < -0.3 is 5.73 Å². The summed E-state index contributed by atoms with van der Waals surface area (Å²) in [7, 11) is 0. The van der Waals surface area contributed by atoms with E-state index < -0.39 is 0 Å². The molecule has 0 aliphatic rings. The number of hydrogen-bond acceptors (Lipinski definition) is 1. The van der Waals surface area contributed by atoms with E-state index in [1.165, 1.54) is 0 Å². The number of benzene rings is 1. The standard InChI is InChI=1S/C10H13Cl2N/c1-5-8(11)4-9(12)6(2)10(5)7(3)13/h4,7H,13H2,1-3H3. The summed E-state index contributed by atoms with van der Waals surface area (Å²) in [6.45, 7) is 5.86. The molecular formula is C10H13Cl2N. The average molecular weight is 218 g/mol. The lowest BCUT2D eigenvalue weighted by molar-refractivity contribution is 0.801. The molecule has 0 amide bonds. The normalized spacial score (nSPS) is 13.1. The van der Waals surface area contributed by atoms with Gasteiger partial charge in [-0.25, -0.2) is 0 Å². The molecule has 13 heavy (non-hydrogen) atoms. The summed E-state index contributed by atoms with van der Waals surface area (Å²) >= 11 is 12.0. The van der Waals surface area contributed by atoms with Gasteiger partial charge in [0, 0.05) is 16.1 Å². The highest BCUT2D eigenvalue weighted by Crippen LogP contribution is 2.31. The Morgan fingerprint density at radius 2 is 1.54 bits per heavy atom. The summed E-state index contributed by atoms with van der Waals surface area (Å²) in [4.78, 5) is 0. The molecule has 0 heterocycles. The van der Waals surface area contributed by atoms with Gasteiger partial charge in [-0.2, -0.15) is 0 Å². The molecule has 1 atom stereocenters. The third-order valence-corrected chi connectivity index (χ3v) is 3.02. The van der Waals surface area contributed by atoms with Gasteiger partial charge in [-0.1, -0.05) is 23.2 Å². The van der Waals surface area contributed by atoms with Crippen LogP contribution in [0.1, 0.15) is 29.7 Å². The van der Waals surface area contributed by atoms with Gasteiger partial charge in [-0.15, -0.1) is 0 Å². The second kappa shape index (κ2) is 3.87. The van der Waals surface area contributed by atoms with E-state index >= 15 is 0 Å². The SMILES string of the molecule is Cc1c(Cl)cc(Cl)c(C)c1C(C)N. The second-order valence-corrected chi connectivity index (χ2v) is 4.11. The van der Waals surface area contributed by atoms with E-state index in [0.717, 1.165) is 16.7 Å². The lowest BCUT2D eigenvalue weighted by Gasteiger charge is -2.15. The molecule has 0 saturated heterocycles. The van der Waals surface area contributed by atoms with Gasteiger partial charge in [-0.05, 0) is 43.5 Å². The van der Waals surface area contributed by atoms with E-state index in [1.54, 1.807) is 6.07 Å². The lowest BCUT2D eigenvalue weighted by atomic mass is 9.97. The molecule has 0 aliphatic heterocycles. The van der Waals surface area contributed by atoms with Crippen LogP contribution < -0.4 is 5.73 Å². The summed E-state index contributed by atoms with van der Waals surface area (Å²) in [5.41, 5.74) is 8.94. The van der Waals surface area contributed by atoms with Crippen LogP contribution in [0, 0.1) is 13.8 Å². The van der Waals surface area contributed by atoms with Gasteiger partial charge in [-0.3, -0.25) is 0 Å². The molecule has 72 valence electrons. The first-order valence-corrected chi connectivity index (χ1v) is 4.91. The third kappa shape index (κ3) is 1.98. The van der Waals surface area contributed by atoms with E-state index in [9.17, 15) is 0 Å². The molecule has 1 nitrogen and oxygen atoms in total. The van der Waals surface area contributed by atoms with E-state index in [0.29, 0.717) is 10.0 Å². The molecule has 1 aromatic carbocycles. The fraction of sp³-hybridized carbons (Fsp3) is 0.400. The highest BCUT2D eigenvalue weighted by atomic mass is 35.5. The molecule has 3 heteroatoms. The fourth-order valence-corrected chi connectivity index (χ4v) is 2.03. The highest BCUT2D eigenvalue weighted by Gasteiger charge is 2.13. The first kappa shape index (κ1) is 10.8. The van der Waals surface area contributed by atoms with Gasteiger partial charge in [0.05, 0.1) is 0 Å². The summed E-state index contributed by atoms with van der Waals surface area (Å²) in [5, 5.41) is 1.37. The summed E-state index contributed by atoms with van der Waals surface area (Å²) in [6.07, 6.45) is 0. The number of hydrogen-bond donors (Lipinski definition) is 1. The topological polar surface area (TPSA) is 26.0 Å². The number of halogens is 2. The molecule has 0 radical (unpaired) electrons. The van der Waals surface area contributed by atoms with Crippen molar-refractivity contribution in [3.8, 4) is 0 Å². The van der Waals surface area contributed by atoms with Crippen molar-refractivity contribution < 1.29 is 0 Å². The van der Waals surface area contributed by atoms with Crippen molar-refractivity contribution in [2.45, 2.75) is 26.8 Å². The lowest BCUT2D eigenvalue weighted by Crippen LogP contribution is -2.09. The third-order valence-electron chi connectivity index (χ3n) is 2.23.